The third-order valence-electron chi connectivity index (χ3n) is 6.30. The van der Waals surface area contributed by atoms with Gasteiger partial charge in [-0.05, 0) is 71.4 Å². The van der Waals surface area contributed by atoms with Crippen LogP contribution in [0.25, 0.3) is 0 Å². The third-order valence-corrected chi connectivity index (χ3v) is 6.30. The number of hydrogen-bond acceptors (Lipinski definition) is 4. The van der Waals surface area contributed by atoms with E-state index in [1.54, 1.807) is 25.7 Å². The Bertz CT molecular complexity index is 878. The zero-order valence-electron chi connectivity index (χ0n) is 24.2. The monoisotopic (exact) mass is 503 g/mol. The molecule has 0 aromatic heterocycles. The molecule has 0 spiro atoms. The predicted octanol–water partition coefficient (Wildman–Crippen LogP) is 5.83. The molecule has 7 nitrogen and oxygen atoms in total. The Balaban J connectivity index is 3.54. The van der Waals surface area contributed by atoms with Crippen LogP contribution in [-0.4, -0.2) is 47.0 Å². The molecule has 204 valence electrons. The van der Waals surface area contributed by atoms with E-state index in [9.17, 15) is 14.4 Å². The van der Waals surface area contributed by atoms with Gasteiger partial charge in [0.2, 0.25) is 11.8 Å². The van der Waals surface area contributed by atoms with E-state index in [4.69, 9.17) is 4.74 Å². The molecule has 0 aliphatic carbocycles. The molecule has 0 heterocycles. The fourth-order valence-electron chi connectivity index (χ4n) is 4.24. The molecule has 1 aromatic carbocycles. The highest BCUT2D eigenvalue weighted by Gasteiger charge is 2.38. The van der Waals surface area contributed by atoms with Crippen LogP contribution in [-0.2, 0) is 14.3 Å². The van der Waals surface area contributed by atoms with Crippen molar-refractivity contribution >= 4 is 17.9 Å². The predicted molar refractivity (Wildman–Crippen MR) is 146 cm³/mol. The lowest BCUT2D eigenvalue weighted by atomic mass is 9.93. The van der Waals surface area contributed by atoms with E-state index in [1.165, 1.54) is 0 Å². The highest BCUT2D eigenvalue weighted by atomic mass is 16.6. The molecule has 0 fully saturated rings. The lowest BCUT2D eigenvalue weighted by Gasteiger charge is -2.37. The van der Waals surface area contributed by atoms with Gasteiger partial charge in [0.25, 0.3) is 0 Å². The molecular weight excluding hydrogens is 454 g/mol. The first-order chi connectivity index (χ1) is 16.7. The average molecular weight is 504 g/mol. The Morgan fingerprint density at radius 1 is 1.00 bits per heavy atom. The van der Waals surface area contributed by atoms with E-state index in [-0.39, 0.29) is 23.8 Å². The number of hydrogen-bond donors (Lipinski definition) is 2. The number of rotatable bonds is 12. The van der Waals surface area contributed by atoms with Crippen LogP contribution in [0, 0.1) is 19.8 Å². The number of nitrogens with zero attached hydrogens (tertiary/aromatic N) is 1. The van der Waals surface area contributed by atoms with Crippen LogP contribution in [0.3, 0.4) is 0 Å². The van der Waals surface area contributed by atoms with Gasteiger partial charge < -0.3 is 20.3 Å². The van der Waals surface area contributed by atoms with E-state index in [0.717, 1.165) is 29.5 Å². The number of aryl methyl sites for hydroxylation is 2. The summed E-state index contributed by atoms with van der Waals surface area (Å²) in [5.74, 6) is -0.626. The lowest BCUT2D eigenvalue weighted by molar-refractivity contribution is -0.143. The maximum atomic E-state index is 14.1. The Morgan fingerprint density at radius 3 is 2.17 bits per heavy atom. The smallest absolute Gasteiger partial charge is 0.408 e. The summed E-state index contributed by atoms with van der Waals surface area (Å²) in [6.45, 7) is 19.6. The van der Waals surface area contributed by atoms with E-state index < -0.39 is 23.8 Å². The summed E-state index contributed by atoms with van der Waals surface area (Å²) in [6, 6.07) is 4.35. The third kappa shape index (κ3) is 9.47. The largest absolute Gasteiger partial charge is 0.444 e. The highest BCUT2D eigenvalue weighted by Crippen LogP contribution is 2.28. The van der Waals surface area contributed by atoms with Gasteiger partial charge in [-0.15, -0.1) is 0 Å². The van der Waals surface area contributed by atoms with Crippen molar-refractivity contribution in [3.63, 3.8) is 0 Å². The van der Waals surface area contributed by atoms with Crippen molar-refractivity contribution in [3.05, 3.63) is 34.9 Å². The highest BCUT2D eigenvalue weighted by molar-refractivity contribution is 5.92. The van der Waals surface area contributed by atoms with Crippen molar-refractivity contribution in [1.29, 1.82) is 0 Å². The minimum absolute atomic E-state index is 0.0149. The van der Waals surface area contributed by atoms with Gasteiger partial charge in [0, 0.05) is 12.6 Å². The van der Waals surface area contributed by atoms with Crippen LogP contribution in [0.5, 0.6) is 0 Å². The molecule has 0 saturated heterocycles. The summed E-state index contributed by atoms with van der Waals surface area (Å²) in [5, 5.41) is 5.94. The van der Waals surface area contributed by atoms with Crippen molar-refractivity contribution in [2.75, 3.05) is 6.54 Å². The van der Waals surface area contributed by atoms with Crippen molar-refractivity contribution < 1.29 is 19.1 Å². The molecule has 2 N–H and O–H groups in total. The molecule has 7 heteroatoms. The first-order valence-electron chi connectivity index (χ1n) is 13.4. The van der Waals surface area contributed by atoms with Gasteiger partial charge in [-0.2, -0.15) is 0 Å². The molecular formula is C29H49N3O4. The van der Waals surface area contributed by atoms with Crippen LogP contribution in [0.2, 0.25) is 0 Å². The van der Waals surface area contributed by atoms with Gasteiger partial charge >= 0.3 is 6.09 Å². The molecule has 1 rings (SSSR count). The quantitative estimate of drug-likeness (QED) is 0.376. The minimum atomic E-state index is -0.815. The molecule has 3 amide bonds. The normalized spacial score (nSPS) is 14.8. The zero-order chi connectivity index (χ0) is 27.6. The van der Waals surface area contributed by atoms with Gasteiger partial charge in [0.15, 0.2) is 0 Å². The van der Waals surface area contributed by atoms with Gasteiger partial charge in [-0.25, -0.2) is 4.79 Å². The number of amides is 3. The van der Waals surface area contributed by atoms with Crippen LogP contribution < -0.4 is 10.6 Å². The van der Waals surface area contributed by atoms with E-state index in [0.29, 0.717) is 19.4 Å². The summed E-state index contributed by atoms with van der Waals surface area (Å²) in [6.07, 6.45) is 2.51. The topological polar surface area (TPSA) is 87.7 Å². The molecule has 0 aliphatic rings. The second-order valence-corrected chi connectivity index (χ2v) is 11.0. The van der Waals surface area contributed by atoms with Crippen molar-refractivity contribution in [3.8, 4) is 0 Å². The van der Waals surface area contributed by atoms with Crippen molar-refractivity contribution in [1.82, 2.24) is 15.5 Å². The number of nitrogens with one attached hydrogen (secondary N) is 2. The Hall–Kier alpha value is -2.57. The van der Waals surface area contributed by atoms with Gasteiger partial charge in [-0.3, -0.25) is 9.59 Å². The second kappa shape index (κ2) is 14.2. The van der Waals surface area contributed by atoms with Crippen LogP contribution in [0.15, 0.2) is 18.2 Å². The summed E-state index contributed by atoms with van der Waals surface area (Å²) in [4.78, 5) is 42.2. The molecule has 4 unspecified atom stereocenters. The van der Waals surface area contributed by atoms with E-state index >= 15 is 0 Å². The number of carbonyl (C=O) groups excluding carboxylic acids is 3. The first kappa shape index (κ1) is 31.5. The molecule has 1 aromatic rings. The van der Waals surface area contributed by atoms with E-state index in [2.05, 4.69) is 17.6 Å². The van der Waals surface area contributed by atoms with Crippen LogP contribution in [0.4, 0.5) is 4.79 Å². The maximum absolute atomic E-state index is 14.1. The number of carbonyl (C=O) groups is 3. The summed E-state index contributed by atoms with van der Waals surface area (Å²) >= 11 is 0. The van der Waals surface area contributed by atoms with Crippen LogP contribution >= 0.6 is 0 Å². The molecule has 4 atom stereocenters. The second-order valence-electron chi connectivity index (χ2n) is 11.0. The first-order valence-corrected chi connectivity index (χ1v) is 13.4. The fourth-order valence-corrected chi connectivity index (χ4v) is 4.24. The van der Waals surface area contributed by atoms with Crippen molar-refractivity contribution in [2.45, 2.75) is 119 Å². The van der Waals surface area contributed by atoms with Gasteiger partial charge in [-0.1, -0.05) is 64.3 Å². The fraction of sp³-hybridized carbons (Fsp3) is 0.690. The number of ether oxygens (including phenoxy) is 1. The van der Waals surface area contributed by atoms with Crippen molar-refractivity contribution in [2.24, 2.45) is 5.92 Å². The molecule has 0 saturated carbocycles. The molecule has 0 aliphatic heterocycles. The standard InChI is InChI=1S/C29H49N3O4/c1-11-14-22(7)30-26(33)25(23-18-19(4)15-16-21(23)6)32(17-12-2)27(34)24(20(5)13-3)31-28(35)36-29(8,9)10/h15-16,18,20,22,24-25H,11-14,17H2,1-10H3,(H,30,33)(H,31,35). The van der Waals surface area contributed by atoms with Crippen LogP contribution in [0.1, 0.15) is 104 Å². The van der Waals surface area contributed by atoms with Gasteiger partial charge in [0.05, 0.1) is 0 Å². The Kier molecular flexibility index (Phi) is 12.4. The Labute approximate surface area is 218 Å². The maximum Gasteiger partial charge on any atom is 0.408 e. The summed E-state index contributed by atoms with van der Waals surface area (Å²) in [7, 11) is 0. The molecule has 0 radical (unpaired) electrons. The Morgan fingerprint density at radius 2 is 1.64 bits per heavy atom. The summed E-state index contributed by atoms with van der Waals surface area (Å²) in [5.41, 5.74) is 2.08. The van der Waals surface area contributed by atoms with Gasteiger partial charge in [0.1, 0.15) is 17.7 Å². The number of benzene rings is 1. The minimum Gasteiger partial charge on any atom is -0.444 e. The SMILES string of the molecule is CCCC(C)NC(=O)C(c1cc(C)ccc1C)N(CCC)C(=O)C(NC(=O)OC(C)(C)C)C(C)CC. The van der Waals surface area contributed by atoms with E-state index in [1.807, 2.05) is 59.7 Å². The molecule has 36 heavy (non-hydrogen) atoms. The molecule has 0 bridgehead atoms. The summed E-state index contributed by atoms with van der Waals surface area (Å²) < 4.78 is 5.46. The number of alkyl carbamates (subject to hydrolysis) is 1. The average Bonchev–Trinajstić information content (AvgIpc) is 2.77. The lowest BCUT2D eigenvalue weighted by Crippen LogP contribution is -2.55. The zero-order valence-corrected chi connectivity index (χ0v) is 24.2.